The number of aromatic nitrogens is 1. The van der Waals surface area contributed by atoms with Crippen LogP contribution in [-0.2, 0) is 11.3 Å². The molecule has 6 heteroatoms. The first-order chi connectivity index (χ1) is 11.1. The van der Waals surface area contributed by atoms with Crippen LogP contribution >= 0.6 is 0 Å². The lowest BCUT2D eigenvalue weighted by Crippen LogP contribution is -2.43. The lowest BCUT2D eigenvalue weighted by atomic mass is 9.97. The maximum Gasteiger partial charge on any atom is 0.224 e. The van der Waals surface area contributed by atoms with Crippen LogP contribution in [-0.4, -0.2) is 55.6 Å². The third-order valence-corrected chi connectivity index (χ3v) is 4.40. The second-order valence-corrected chi connectivity index (χ2v) is 6.19. The van der Waals surface area contributed by atoms with Crippen LogP contribution in [0, 0.1) is 5.92 Å². The predicted octanol–water partition coefficient (Wildman–Crippen LogP) is 0.825. The molecule has 0 bridgehead atoms. The zero-order valence-corrected chi connectivity index (χ0v) is 14.3. The Kier molecular flexibility index (Phi) is 6.80. The van der Waals surface area contributed by atoms with Crippen molar-refractivity contribution in [3.05, 3.63) is 23.9 Å². The van der Waals surface area contributed by atoms with Gasteiger partial charge in [0, 0.05) is 46.0 Å². The van der Waals surface area contributed by atoms with Crippen molar-refractivity contribution in [3.8, 4) is 0 Å². The predicted molar refractivity (Wildman–Crippen MR) is 93.2 cm³/mol. The van der Waals surface area contributed by atoms with E-state index in [0.29, 0.717) is 13.1 Å². The van der Waals surface area contributed by atoms with Gasteiger partial charge < -0.3 is 16.0 Å². The van der Waals surface area contributed by atoms with Gasteiger partial charge in [0.1, 0.15) is 5.82 Å². The molecule has 1 aromatic heterocycles. The average Bonchev–Trinajstić information content (AvgIpc) is 2.60. The number of hydrogen-bond donors (Lipinski definition) is 2. The fourth-order valence-electron chi connectivity index (χ4n) is 2.91. The maximum absolute atomic E-state index is 12.1. The Balaban J connectivity index is 1.88. The summed E-state index contributed by atoms with van der Waals surface area (Å²) in [5.41, 5.74) is 6.64. The molecule has 1 aromatic rings. The maximum atomic E-state index is 12.1. The molecule has 0 aliphatic carbocycles. The van der Waals surface area contributed by atoms with Crippen molar-refractivity contribution in [3.63, 3.8) is 0 Å². The van der Waals surface area contributed by atoms with Crippen molar-refractivity contribution in [2.24, 2.45) is 11.7 Å². The van der Waals surface area contributed by atoms with E-state index < -0.39 is 0 Å². The van der Waals surface area contributed by atoms with Crippen LogP contribution in [0.1, 0.15) is 25.3 Å². The fraction of sp³-hybridized carbons (Fsp3) is 0.647. The molecule has 128 valence electrons. The number of nitrogens with one attached hydrogen (secondary N) is 1. The molecule has 1 saturated heterocycles. The standard InChI is InChI=1S/C17H29N5O/c1-3-21(2)16-7-6-14(11-20-16)12-22-10-4-5-15(13-22)17(23)19-9-8-18/h6-7,11,15H,3-5,8-10,12-13,18H2,1-2H3,(H,19,23). The molecule has 23 heavy (non-hydrogen) atoms. The first-order valence-electron chi connectivity index (χ1n) is 8.50. The molecule has 6 nitrogen and oxygen atoms in total. The number of rotatable bonds is 7. The third-order valence-electron chi connectivity index (χ3n) is 4.40. The summed E-state index contributed by atoms with van der Waals surface area (Å²) in [5, 5.41) is 2.90. The summed E-state index contributed by atoms with van der Waals surface area (Å²) in [6, 6.07) is 4.20. The smallest absolute Gasteiger partial charge is 0.224 e. The number of pyridine rings is 1. The van der Waals surface area contributed by atoms with E-state index in [1.54, 1.807) is 0 Å². The Bertz CT molecular complexity index is 490. The Labute approximate surface area is 139 Å². The van der Waals surface area contributed by atoms with Crippen molar-refractivity contribution < 1.29 is 4.79 Å². The van der Waals surface area contributed by atoms with E-state index in [1.807, 2.05) is 13.2 Å². The number of anilines is 1. The van der Waals surface area contributed by atoms with Gasteiger partial charge in [-0.3, -0.25) is 9.69 Å². The van der Waals surface area contributed by atoms with Crippen LogP contribution in [0.15, 0.2) is 18.3 Å². The number of hydrogen-bond acceptors (Lipinski definition) is 5. The number of likely N-dealkylation sites (tertiary alicyclic amines) is 1. The number of carbonyl (C=O) groups excluding carboxylic acids is 1. The molecule has 1 amide bonds. The number of piperidine rings is 1. The molecule has 2 heterocycles. The van der Waals surface area contributed by atoms with Gasteiger partial charge in [0.2, 0.25) is 5.91 Å². The van der Waals surface area contributed by atoms with Gasteiger partial charge in [-0.15, -0.1) is 0 Å². The normalized spacial score (nSPS) is 18.7. The SMILES string of the molecule is CCN(C)c1ccc(CN2CCCC(C(=O)NCCN)C2)cn1. The highest BCUT2D eigenvalue weighted by atomic mass is 16.1. The van der Waals surface area contributed by atoms with E-state index in [1.165, 1.54) is 5.56 Å². The van der Waals surface area contributed by atoms with Gasteiger partial charge in [-0.25, -0.2) is 4.98 Å². The second kappa shape index (κ2) is 8.84. The van der Waals surface area contributed by atoms with Gasteiger partial charge in [0.05, 0.1) is 5.92 Å². The molecule has 2 rings (SSSR count). The molecule has 0 saturated carbocycles. The van der Waals surface area contributed by atoms with Gasteiger partial charge in [-0.1, -0.05) is 6.07 Å². The van der Waals surface area contributed by atoms with Crippen LogP contribution < -0.4 is 16.0 Å². The summed E-state index contributed by atoms with van der Waals surface area (Å²) in [5.74, 6) is 1.21. The molecule has 1 unspecified atom stereocenters. The molecule has 0 spiro atoms. The lowest BCUT2D eigenvalue weighted by Gasteiger charge is -2.32. The van der Waals surface area contributed by atoms with Crippen molar-refractivity contribution >= 4 is 11.7 Å². The van der Waals surface area contributed by atoms with Crippen molar-refractivity contribution in [2.75, 3.05) is 44.7 Å². The zero-order valence-electron chi connectivity index (χ0n) is 14.3. The molecule has 1 fully saturated rings. The molecule has 1 aliphatic heterocycles. The van der Waals surface area contributed by atoms with Crippen molar-refractivity contribution in [2.45, 2.75) is 26.3 Å². The summed E-state index contributed by atoms with van der Waals surface area (Å²) in [4.78, 5) is 21.1. The summed E-state index contributed by atoms with van der Waals surface area (Å²) in [6.45, 7) is 6.81. The minimum atomic E-state index is 0.0776. The van der Waals surface area contributed by atoms with Gasteiger partial charge >= 0.3 is 0 Å². The first kappa shape index (κ1) is 17.7. The molecule has 1 aliphatic rings. The van der Waals surface area contributed by atoms with Crippen molar-refractivity contribution in [1.29, 1.82) is 0 Å². The lowest BCUT2D eigenvalue weighted by molar-refractivity contribution is -0.126. The molecular formula is C17H29N5O. The average molecular weight is 319 g/mol. The summed E-state index contributed by atoms with van der Waals surface area (Å²) in [6.07, 6.45) is 3.97. The van der Waals surface area contributed by atoms with Crippen LogP contribution in [0.5, 0.6) is 0 Å². The number of nitrogens with zero attached hydrogens (tertiary/aromatic N) is 3. The largest absolute Gasteiger partial charge is 0.360 e. The van der Waals surface area contributed by atoms with Crippen LogP contribution in [0.4, 0.5) is 5.82 Å². The second-order valence-electron chi connectivity index (χ2n) is 6.19. The summed E-state index contributed by atoms with van der Waals surface area (Å²) < 4.78 is 0. The van der Waals surface area contributed by atoms with Gasteiger partial charge in [-0.05, 0) is 37.9 Å². The number of carbonyl (C=O) groups is 1. The molecule has 0 radical (unpaired) electrons. The zero-order chi connectivity index (χ0) is 16.7. The Morgan fingerprint density at radius 1 is 1.52 bits per heavy atom. The van der Waals surface area contributed by atoms with Crippen LogP contribution in [0.2, 0.25) is 0 Å². The summed E-state index contributed by atoms with van der Waals surface area (Å²) in [7, 11) is 2.04. The van der Waals surface area contributed by atoms with E-state index in [0.717, 1.165) is 44.8 Å². The number of amides is 1. The van der Waals surface area contributed by atoms with E-state index in [-0.39, 0.29) is 11.8 Å². The van der Waals surface area contributed by atoms with Gasteiger partial charge in [-0.2, -0.15) is 0 Å². The topological polar surface area (TPSA) is 74.5 Å². The highest BCUT2D eigenvalue weighted by Gasteiger charge is 2.25. The monoisotopic (exact) mass is 319 g/mol. The van der Waals surface area contributed by atoms with E-state index in [9.17, 15) is 4.79 Å². The fourth-order valence-corrected chi connectivity index (χ4v) is 2.91. The van der Waals surface area contributed by atoms with E-state index in [4.69, 9.17) is 5.73 Å². The Hall–Kier alpha value is -1.66. The molecule has 0 aromatic carbocycles. The Morgan fingerprint density at radius 2 is 2.35 bits per heavy atom. The van der Waals surface area contributed by atoms with Gasteiger partial charge in [0.15, 0.2) is 0 Å². The first-order valence-corrected chi connectivity index (χ1v) is 8.50. The Morgan fingerprint density at radius 3 is 3.00 bits per heavy atom. The van der Waals surface area contributed by atoms with Crippen LogP contribution in [0.25, 0.3) is 0 Å². The quantitative estimate of drug-likeness (QED) is 0.778. The van der Waals surface area contributed by atoms with E-state index >= 15 is 0 Å². The minimum Gasteiger partial charge on any atom is -0.360 e. The van der Waals surface area contributed by atoms with Crippen molar-refractivity contribution in [1.82, 2.24) is 15.2 Å². The highest BCUT2D eigenvalue weighted by molar-refractivity contribution is 5.78. The molecule has 1 atom stereocenters. The third kappa shape index (κ3) is 5.18. The van der Waals surface area contributed by atoms with E-state index in [2.05, 4.69) is 39.2 Å². The minimum absolute atomic E-state index is 0.0776. The molecule has 3 N–H and O–H groups in total. The highest BCUT2D eigenvalue weighted by Crippen LogP contribution is 2.19. The summed E-state index contributed by atoms with van der Waals surface area (Å²) >= 11 is 0. The van der Waals surface area contributed by atoms with Gasteiger partial charge in [0.25, 0.3) is 0 Å². The van der Waals surface area contributed by atoms with Crippen LogP contribution in [0.3, 0.4) is 0 Å². The number of nitrogens with two attached hydrogens (primary N) is 1. The molecular weight excluding hydrogens is 290 g/mol.